The Morgan fingerprint density at radius 3 is 2.55 bits per heavy atom. The summed E-state index contributed by atoms with van der Waals surface area (Å²) in [4.78, 5) is 34.6. The highest BCUT2D eigenvalue weighted by Gasteiger charge is 2.73. The Kier molecular flexibility index (Phi) is 5.01. The highest BCUT2D eigenvalue weighted by molar-refractivity contribution is 6.30. The van der Waals surface area contributed by atoms with Crippen molar-refractivity contribution in [3.05, 3.63) is 51.6 Å². The van der Waals surface area contributed by atoms with Crippen molar-refractivity contribution in [2.45, 2.75) is 62.4 Å². The fourth-order valence-electron chi connectivity index (χ4n) is 6.19. The predicted octanol–water partition coefficient (Wildman–Crippen LogP) is 4.29. The molecular formula is C23H23Cl2FN4O3. The van der Waals surface area contributed by atoms with Gasteiger partial charge in [-0.1, -0.05) is 43.1 Å². The minimum atomic E-state index is -1.43. The quantitative estimate of drug-likeness (QED) is 0.540. The molecule has 2 spiro atoms. The number of pyridine rings is 2. The summed E-state index contributed by atoms with van der Waals surface area (Å²) in [7, 11) is 0. The monoisotopic (exact) mass is 492 g/mol. The summed E-state index contributed by atoms with van der Waals surface area (Å²) < 4.78 is 15.4. The molecule has 0 aromatic carbocycles. The summed E-state index contributed by atoms with van der Waals surface area (Å²) in [5.41, 5.74) is -1.76. The van der Waals surface area contributed by atoms with Crippen LogP contribution in [0.3, 0.4) is 0 Å². The van der Waals surface area contributed by atoms with Crippen molar-refractivity contribution >= 4 is 40.9 Å². The van der Waals surface area contributed by atoms with E-state index < -0.39 is 40.6 Å². The molecule has 2 fully saturated rings. The van der Waals surface area contributed by atoms with Crippen molar-refractivity contribution in [2.75, 3.05) is 5.32 Å². The summed E-state index contributed by atoms with van der Waals surface area (Å²) in [6.45, 7) is 4.31. The number of aliphatic carboxylic acids is 1. The van der Waals surface area contributed by atoms with Crippen molar-refractivity contribution in [3.63, 3.8) is 0 Å². The number of hydrogen-bond acceptors (Lipinski definition) is 5. The Morgan fingerprint density at radius 1 is 1.18 bits per heavy atom. The Labute approximate surface area is 200 Å². The van der Waals surface area contributed by atoms with E-state index in [2.05, 4.69) is 34.4 Å². The first-order valence-electron chi connectivity index (χ1n) is 10.8. The average molecular weight is 493 g/mol. The van der Waals surface area contributed by atoms with Crippen molar-refractivity contribution in [1.82, 2.24) is 15.3 Å². The Morgan fingerprint density at radius 2 is 1.88 bits per heavy atom. The standard InChI is InChI=1S/C23H23Cl2FN4O3/c1-21(2)6-8-22(9-7-21)23(12-3-4-13(24)28-18(12)29-20(23)33)14(16(30-22)19(31)32)11-5-10-27-17(25)15(11)26/h3-5,10,14,16,30H,6-9H2,1-2H3,(H,31,32)(H,28,29,33)/t14?,16-,23-/m1/s1. The SMILES string of the molecule is CC1(C)CCC2(CC1)N[C@@H](C(=O)O)C(c1ccnc(Cl)c1F)[C@]21C(=O)Nc2nc(Cl)ccc21. The van der Waals surface area contributed by atoms with E-state index in [9.17, 15) is 14.7 Å². The van der Waals surface area contributed by atoms with Gasteiger partial charge < -0.3 is 10.4 Å². The molecule has 1 saturated heterocycles. The fraction of sp³-hybridized carbons (Fsp3) is 0.478. The molecule has 3 atom stereocenters. The van der Waals surface area contributed by atoms with E-state index in [0.717, 1.165) is 12.8 Å². The third-order valence-corrected chi connectivity index (χ3v) is 8.27. The lowest BCUT2D eigenvalue weighted by Crippen LogP contribution is -2.61. The number of rotatable bonds is 2. The molecule has 3 N–H and O–H groups in total. The lowest BCUT2D eigenvalue weighted by Gasteiger charge is -2.50. The molecule has 1 aliphatic carbocycles. The van der Waals surface area contributed by atoms with Gasteiger partial charge in [0.15, 0.2) is 11.0 Å². The molecule has 174 valence electrons. The zero-order valence-electron chi connectivity index (χ0n) is 18.1. The van der Waals surface area contributed by atoms with E-state index in [1.54, 1.807) is 12.1 Å². The summed E-state index contributed by atoms with van der Waals surface area (Å²) in [5, 5.41) is 16.2. The Hall–Kier alpha value is -2.29. The summed E-state index contributed by atoms with van der Waals surface area (Å²) >= 11 is 12.1. The van der Waals surface area contributed by atoms with Crippen LogP contribution in [0.4, 0.5) is 10.2 Å². The van der Waals surface area contributed by atoms with Crippen LogP contribution in [0.5, 0.6) is 0 Å². The van der Waals surface area contributed by atoms with E-state index >= 15 is 4.39 Å². The Bertz CT molecular complexity index is 1180. The molecule has 0 bridgehead atoms. The zero-order chi connectivity index (χ0) is 23.8. The number of anilines is 1. The molecular weight excluding hydrogens is 470 g/mol. The van der Waals surface area contributed by atoms with Gasteiger partial charge in [0.25, 0.3) is 0 Å². The van der Waals surface area contributed by atoms with Crippen LogP contribution in [-0.4, -0.2) is 38.5 Å². The van der Waals surface area contributed by atoms with Gasteiger partial charge in [-0.2, -0.15) is 0 Å². The smallest absolute Gasteiger partial charge is 0.321 e. The Balaban J connectivity index is 1.83. The number of fused-ring (bicyclic) bond motifs is 3. The van der Waals surface area contributed by atoms with E-state index in [1.165, 1.54) is 12.3 Å². The van der Waals surface area contributed by atoms with Crippen LogP contribution >= 0.6 is 23.2 Å². The number of carbonyl (C=O) groups excluding carboxylic acids is 1. The largest absolute Gasteiger partial charge is 0.480 e. The molecule has 1 amide bonds. The number of halogens is 3. The normalized spacial score (nSPS) is 29.3. The molecule has 3 aliphatic rings. The first-order chi connectivity index (χ1) is 15.5. The molecule has 10 heteroatoms. The highest BCUT2D eigenvalue weighted by Crippen LogP contribution is 2.63. The lowest BCUT2D eigenvalue weighted by molar-refractivity contribution is -0.139. The first kappa shape index (κ1) is 22.5. The van der Waals surface area contributed by atoms with Crippen molar-refractivity contribution in [3.8, 4) is 0 Å². The van der Waals surface area contributed by atoms with Crippen molar-refractivity contribution in [2.24, 2.45) is 5.41 Å². The predicted molar refractivity (Wildman–Crippen MR) is 121 cm³/mol. The highest BCUT2D eigenvalue weighted by atomic mass is 35.5. The van der Waals surface area contributed by atoms with Crippen LogP contribution in [0.2, 0.25) is 10.3 Å². The van der Waals surface area contributed by atoms with Gasteiger partial charge in [0.2, 0.25) is 5.91 Å². The number of carbonyl (C=O) groups is 2. The maximum atomic E-state index is 15.4. The van der Waals surface area contributed by atoms with Crippen LogP contribution in [0.1, 0.15) is 56.6 Å². The van der Waals surface area contributed by atoms with E-state index in [1.807, 2.05) is 0 Å². The summed E-state index contributed by atoms with van der Waals surface area (Å²) in [6.07, 6.45) is 3.94. The van der Waals surface area contributed by atoms with E-state index in [-0.39, 0.29) is 27.1 Å². The van der Waals surface area contributed by atoms with Gasteiger partial charge in [0.1, 0.15) is 22.4 Å². The fourth-order valence-corrected chi connectivity index (χ4v) is 6.50. The molecule has 0 radical (unpaired) electrons. The first-order valence-corrected chi connectivity index (χ1v) is 11.6. The molecule has 5 rings (SSSR count). The topological polar surface area (TPSA) is 104 Å². The van der Waals surface area contributed by atoms with Crippen LogP contribution in [-0.2, 0) is 15.0 Å². The minimum absolute atomic E-state index is 0.0340. The van der Waals surface area contributed by atoms with Gasteiger partial charge in [0, 0.05) is 23.2 Å². The number of carboxylic acids is 1. The van der Waals surface area contributed by atoms with Gasteiger partial charge in [-0.25, -0.2) is 14.4 Å². The third kappa shape index (κ3) is 3.03. The number of carboxylic acid groups (broad SMARTS) is 1. The number of nitrogens with zero attached hydrogens (tertiary/aromatic N) is 2. The van der Waals surface area contributed by atoms with Crippen LogP contribution in [0.15, 0.2) is 24.4 Å². The molecule has 2 aromatic rings. The van der Waals surface area contributed by atoms with Gasteiger partial charge in [-0.3, -0.25) is 14.9 Å². The molecule has 7 nitrogen and oxygen atoms in total. The van der Waals surface area contributed by atoms with Crippen LogP contribution in [0.25, 0.3) is 0 Å². The lowest BCUT2D eigenvalue weighted by atomic mass is 9.53. The zero-order valence-corrected chi connectivity index (χ0v) is 19.6. The number of aromatic nitrogens is 2. The van der Waals surface area contributed by atoms with Gasteiger partial charge in [-0.15, -0.1) is 0 Å². The summed E-state index contributed by atoms with van der Waals surface area (Å²) in [5.74, 6) is -3.22. The third-order valence-electron chi connectivity index (χ3n) is 7.80. The number of nitrogens with one attached hydrogen (secondary N) is 2. The van der Waals surface area contributed by atoms with Gasteiger partial charge in [0.05, 0.1) is 0 Å². The van der Waals surface area contributed by atoms with Crippen LogP contribution in [0, 0.1) is 11.2 Å². The second kappa shape index (κ2) is 7.35. The average Bonchev–Trinajstić information content (AvgIpc) is 3.20. The van der Waals surface area contributed by atoms with Gasteiger partial charge in [-0.05, 0) is 48.8 Å². The molecule has 1 unspecified atom stereocenters. The molecule has 33 heavy (non-hydrogen) atoms. The minimum Gasteiger partial charge on any atom is -0.480 e. The second-order valence-corrected chi connectivity index (χ2v) is 10.7. The van der Waals surface area contributed by atoms with Crippen molar-refractivity contribution in [1.29, 1.82) is 0 Å². The van der Waals surface area contributed by atoms with Gasteiger partial charge >= 0.3 is 5.97 Å². The molecule has 4 heterocycles. The molecule has 2 aliphatic heterocycles. The summed E-state index contributed by atoms with van der Waals surface area (Å²) in [6, 6.07) is 3.45. The maximum Gasteiger partial charge on any atom is 0.321 e. The van der Waals surface area contributed by atoms with E-state index in [0.29, 0.717) is 18.4 Å². The molecule has 2 aromatic heterocycles. The number of amides is 1. The van der Waals surface area contributed by atoms with E-state index in [4.69, 9.17) is 23.2 Å². The second-order valence-electron chi connectivity index (χ2n) is 9.98. The van der Waals surface area contributed by atoms with Crippen molar-refractivity contribution < 1.29 is 19.1 Å². The maximum absolute atomic E-state index is 15.4. The van der Waals surface area contributed by atoms with Crippen LogP contribution < -0.4 is 10.6 Å². The number of hydrogen-bond donors (Lipinski definition) is 3. The molecule has 1 saturated carbocycles.